The SMILES string of the molecule is CC1=C(C(=O)Nc2ccccc2C)C(c2ccsc2)n2nnnc2N1. The zero-order valence-electron chi connectivity index (χ0n) is 13.7. The molecule has 126 valence electrons. The van der Waals surface area contributed by atoms with Gasteiger partial charge in [-0.25, -0.2) is 0 Å². The van der Waals surface area contributed by atoms with Crippen molar-refractivity contribution in [2.24, 2.45) is 0 Å². The van der Waals surface area contributed by atoms with Crippen LogP contribution in [-0.4, -0.2) is 26.1 Å². The van der Waals surface area contributed by atoms with Crippen LogP contribution in [0, 0.1) is 6.92 Å². The number of tetrazole rings is 1. The van der Waals surface area contributed by atoms with Crippen LogP contribution in [0.25, 0.3) is 0 Å². The number of carbonyl (C=O) groups excluding carboxylic acids is 1. The van der Waals surface area contributed by atoms with Crippen molar-refractivity contribution in [1.82, 2.24) is 20.2 Å². The van der Waals surface area contributed by atoms with Crippen LogP contribution in [0.15, 0.2) is 52.4 Å². The van der Waals surface area contributed by atoms with Crippen LogP contribution in [0.1, 0.15) is 24.1 Å². The number of thiophene rings is 1. The highest BCUT2D eigenvalue weighted by atomic mass is 32.1. The zero-order valence-corrected chi connectivity index (χ0v) is 14.5. The topological polar surface area (TPSA) is 84.7 Å². The number of nitrogens with zero attached hydrogens (tertiary/aromatic N) is 4. The Bertz CT molecular complexity index is 959. The standard InChI is InChI=1S/C17H16N6OS/c1-10-5-3-4-6-13(10)19-16(24)14-11(2)18-17-20-21-22-23(17)15(14)12-7-8-25-9-12/h3-9,15H,1-2H3,(H,19,24)(H,18,20,22). The van der Waals surface area contributed by atoms with E-state index in [4.69, 9.17) is 0 Å². The highest BCUT2D eigenvalue weighted by Crippen LogP contribution is 2.35. The monoisotopic (exact) mass is 352 g/mol. The maximum atomic E-state index is 13.1. The molecule has 1 amide bonds. The number of allylic oxidation sites excluding steroid dienone is 1. The summed E-state index contributed by atoms with van der Waals surface area (Å²) in [6.07, 6.45) is 0. The number of aryl methyl sites for hydroxylation is 1. The van der Waals surface area contributed by atoms with E-state index in [1.54, 1.807) is 16.0 Å². The molecule has 0 saturated heterocycles. The number of para-hydroxylation sites is 1. The lowest BCUT2D eigenvalue weighted by atomic mass is 9.97. The normalized spacial score (nSPS) is 16.3. The van der Waals surface area contributed by atoms with E-state index >= 15 is 0 Å². The summed E-state index contributed by atoms with van der Waals surface area (Å²) < 4.78 is 1.64. The van der Waals surface area contributed by atoms with E-state index in [-0.39, 0.29) is 11.9 Å². The Hall–Kier alpha value is -3.00. The lowest BCUT2D eigenvalue weighted by molar-refractivity contribution is -0.113. The molecular weight excluding hydrogens is 336 g/mol. The highest BCUT2D eigenvalue weighted by molar-refractivity contribution is 7.08. The van der Waals surface area contributed by atoms with Crippen molar-refractivity contribution in [3.05, 3.63) is 63.5 Å². The highest BCUT2D eigenvalue weighted by Gasteiger charge is 2.34. The second-order valence-corrected chi connectivity index (χ2v) is 6.62. The van der Waals surface area contributed by atoms with Crippen molar-refractivity contribution in [3.63, 3.8) is 0 Å². The fraction of sp³-hybridized carbons (Fsp3) is 0.176. The van der Waals surface area contributed by atoms with Crippen molar-refractivity contribution in [2.75, 3.05) is 10.6 Å². The summed E-state index contributed by atoms with van der Waals surface area (Å²) in [4.78, 5) is 13.1. The molecule has 1 atom stereocenters. The van der Waals surface area contributed by atoms with Crippen molar-refractivity contribution >= 4 is 28.9 Å². The van der Waals surface area contributed by atoms with E-state index in [0.29, 0.717) is 11.5 Å². The Morgan fingerprint density at radius 3 is 2.88 bits per heavy atom. The smallest absolute Gasteiger partial charge is 0.255 e. The summed E-state index contributed by atoms with van der Waals surface area (Å²) in [7, 11) is 0. The van der Waals surface area contributed by atoms with E-state index < -0.39 is 0 Å². The second-order valence-electron chi connectivity index (χ2n) is 5.84. The second kappa shape index (κ2) is 6.14. The molecule has 2 N–H and O–H groups in total. The van der Waals surface area contributed by atoms with Crippen LogP contribution in [0.5, 0.6) is 0 Å². The maximum absolute atomic E-state index is 13.1. The molecule has 0 aliphatic carbocycles. The fourth-order valence-electron chi connectivity index (χ4n) is 2.95. The van der Waals surface area contributed by atoms with E-state index in [1.807, 2.05) is 54.9 Å². The average molecular weight is 352 g/mol. The molecule has 0 bridgehead atoms. The van der Waals surface area contributed by atoms with Gasteiger partial charge in [0.05, 0.1) is 5.57 Å². The van der Waals surface area contributed by atoms with Gasteiger partial charge in [-0.2, -0.15) is 16.0 Å². The Kier molecular flexibility index (Phi) is 3.81. The first-order valence-electron chi connectivity index (χ1n) is 7.80. The van der Waals surface area contributed by atoms with Crippen LogP contribution in [-0.2, 0) is 4.79 Å². The van der Waals surface area contributed by atoms with Gasteiger partial charge in [0.2, 0.25) is 5.95 Å². The molecule has 0 radical (unpaired) electrons. The molecule has 1 aliphatic heterocycles. The van der Waals surface area contributed by atoms with E-state index in [2.05, 4.69) is 26.2 Å². The molecule has 0 fully saturated rings. The minimum absolute atomic E-state index is 0.170. The molecule has 1 unspecified atom stereocenters. The average Bonchev–Trinajstić information content (AvgIpc) is 3.26. The third kappa shape index (κ3) is 2.70. The lowest BCUT2D eigenvalue weighted by Gasteiger charge is -2.27. The number of hydrogen-bond acceptors (Lipinski definition) is 6. The van der Waals surface area contributed by atoms with Gasteiger partial charge in [-0.1, -0.05) is 23.3 Å². The Balaban J connectivity index is 1.76. The van der Waals surface area contributed by atoms with Gasteiger partial charge in [0.15, 0.2) is 0 Å². The van der Waals surface area contributed by atoms with Crippen LogP contribution >= 0.6 is 11.3 Å². The molecule has 25 heavy (non-hydrogen) atoms. The van der Waals surface area contributed by atoms with Gasteiger partial charge in [0.1, 0.15) is 6.04 Å². The number of carbonyl (C=O) groups is 1. The molecule has 3 aromatic rings. The Morgan fingerprint density at radius 2 is 2.12 bits per heavy atom. The Labute approximate surface area is 148 Å². The first-order valence-corrected chi connectivity index (χ1v) is 8.74. The third-order valence-electron chi connectivity index (χ3n) is 4.21. The van der Waals surface area contributed by atoms with Crippen molar-refractivity contribution in [1.29, 1.82) is 0 Å². The van der Waals surface area contributed by atoms with Crippen LogP contribution < -0.4 is 10.6 Å². The molecule has 8 heteroatoms. The summed E-state index contributed by atoms with van der Waals surface area (Å²) in [6, 6.07) is 9.33. The quantitative estimate of drug-likeness (QED) is 0.757. The van der Waals surface area contributed by atoms with Crippen LogP contribution in [0.4, 0.5) is 11.6 Å². The van der Waals surface area contributed by atoms with Gasteiger partial charge in [0, 0.05) is 11.4 Å². The maximum Gasteiger partial charge on any atom is 0.255 e. The van der Waals surface area contributed by atoms with Gasteiger partial charge in [-0.15, -0.1) is 0 Å². The molecule has 7 nitrogen and oxygen atoms in total. The molecule has 1 aromatic carbocycles. The largest absolute Gasteiger partial charge is 0.326 e. The number of anilines is 2. The summed E-state index contributed by atoms with van der Waals surface area (Å²) in [6.45, 7) is 3.83. The molecule has 1 aliphatic rings. The van der Waals surface area contributed by atoms with Crippen LogP contribution in [0.2, 0.25) is 0 Å². The van der Waals surface area contributed by atoms with Gasteiger partial charge in [-0.05, 0) is 58.3 Å². The van der Waals surface area contributed by atoms with Crippen molar-refractivity contribution in [2.45, 2.75) is 19.9 Å². The number of rotatable bonds is 3. The summed E-state index contributed by atoms with van der Waals surface area (Å²) in [5, 5.41) is 21.9. The molecule has 4 rings (SSSR count). The summed E-state index contributed by atoms with van der Waals surface area (Å²) in [5.74, 6) is 0.359. The number of aromatic nitrogens is 4. The van der Waals surface area contributed by atoms with Gasteiger partial charge < -0.3 is 10.6 Å². The van der Waals surface area contributed by atoms with Crippen molar-refractivity contribution < 1.29 is 4.79 Å². The van der Waals surface area contributed by atoms with E-state index in [9.17, 15) is 4.79 Å². The number of nitrogens with one attached hydrogen (secondary N) is 2. The molecule has 3 heterocycles. The summed E-state index contributed by atoms with van der Waals surface area (Å²) in [5.41, 5.74) is 4.12. The first-order chi connectivity index (χ1) is 12.1. The fourth-order valence-corrected chi connectivity index (χ4v) is 3.63. The minimum Gasteiger partial charge on any atom is -0.326 e. The van der Waals surface area contributed by atoms with Crippen molar-refractivity contribution in [3.8, 4) is 0 Å². The number of benzene rings is 1. The van der Waals surface area contributed by atoms with E-state index in [0.717, 1.165) is 22.5 Å². The minimum atomic E-state index is -0.360. The summed E-state index contributed by atoms with van der Waals surface area (Å²) >= 11 is 1.58. The van der Waals surface area contributed by atoms with E-state index in [1.165, 1.54) is 0 Å². The van der Waals surface area contributed by atoms with Gasteiger partial charge in [0.25, 0.3) is 5.91 Å². The molecular formula is C17H16N6OS. The first kappa shape index (κ1) is 15.5. The third-order valence-corrected chi connectivity index (χ3v) is 4.91. The predicted molar refractivity (Wildman–Crippen MR) is 96.4 cm³/mol. The van der Waals surface area contributed by atoms with Crippen LogP contribution in [0.3, 0.4) is 0 Å². The predicted octanol–water partition coefficient (Wildman–Crippen LogP) is 2.97. The van der Waals surface area contributed by atoms with Gasteiger partial charge in [-0.3, -0.25) is 4.79 Å². The number of hydrogen-bond donors (Lipinski definition) is 2. The zero-order chi connectivity index (χ0) is 17.4. The van der Waals surface area contributed by atoms with Gasteiger partial charge >= 0.3 is 0 Å². The molecule has 0 spiro atoms. The molecule has 2 aromatic heterocycles. The number of amides is 1. The Morgan fingerprint density at radius 1 is 1.28 bits per heavy atom. The lowest BCUT2D eigenvalue weighted by Crippen LogP contribution is -2.31. The molecule has 0 saturated carbocycles. The number of fused-ring (bicyclic) bond motifs is 1.